The van der Waals surface area contributed by atoms with E-state index in [0.717, 1.165) is 34.4 Å². The lowest BCUT2D eigenvalue weighted by Gasteiger charge is -2.13. The lowest BCUT2D eigenvalue weighted by Crippen LogP contribution is -2.18. The van der Waals surface area contributed by atoms with Crippen molar-refractivity contribution in [1.29, 1.82) is 0 Å². The Morgan fingerprint density at radius 1 is 1.05 bits per heavy atom. The summed E-state index contributed by atoms with van der Waals surface area (Å²) in [7, 11) is 0. The molecule has 3 rings (SSSR count). The molecule has 0 saturated heterocycles. The van der Waals surface area contributed by atoms with Crippen LogP contribution in [-0.2, 0) is 6.42 Å². The van der Waals surface area contributed by atoms with Gasteiger partial charge in [-0.1, -0.05) is 38.1 Å². The minimum absolute atomic E-state index is 0.253. The van der Waals surface area contributed by atoms with E-state index in [-0.39, 0.29) is 11.2 Å². The van der Waals surface area contributed by atoms with E-state index in [9.17, 15) is 4.79 Å². The first-order valence-corrected chi connectivity index (χ1v) is 6.93. The Morgan fingerprint density at radius 2 is 1.80 bits per heavy atom. The summed E-state index contributed by atoms with van der Waals surface area (Å²) in [6, 6.07) is 12.1. The van der Waals surface area contributed by atoms with Crippen LogP contribution in [0.3, 0.4) is 0 Å². The second kappa shape index (κ2) is 4.20. The molecule has 2 heteroatoms. The van der Waals surface area contributed by atoms with Gasteiger partial charge in [-0.15, -0.1) is 0 Å². The zero-order valence-corrected chi connectivity index (χ0v) is 12.2. The SMILES string of the molecule is Cc1ccc(N)cc1-c1ccc2c(c1)CC(C)(C)C2=O. The molecule has 0 amide bonds. The summed E-state index contributed by atoms with van der Waals surface area (Å²) in [6.45, 7) is 6.11. The van der Waals surface area contributed by atoms with Gasteiger partial charge in [0.1, 0.15) is 0 Å². The highest BCUT2D eigenvalue weighted by Crippen LogP contribution is 2.38. The van der Waals surface area contributed by atoms with Gasteiger partial charge in [0.25, 0.3) is 0 Å². The molecular formula is C18H19NO. The summed E-state index contributed by atoms with van der Waals surface area (Å²) in [5.74, 6) is 0.253. The topological polar surface area (TPSA) is 43.1 Å². The van der Waals surface area contributed by atoms with Crippen LogP contribution in [0.2, 0.25) is 0 Å². The molecule has 1 aliphatic carbocycles. The molecule has 20 heavy (non-hydrogen) atoms. The molecule has 0 saturated carbocycles. The zero-order valence-electron chi connectivity index (χ0n) is 12.2. The molecule has 0 atom stereocenters. The van der Waals surface area contributed by atoms with Crippen molar-refractivity contribution in [2.45, 2.75) is 27.2 Å². The van der Waals surface area contributed by atoms with Gasteiger partial charge in [0, 0.05) is 16.7 Å². The molecule has 0 spiro atoms. The van der Waals surface area contributed by atoms with Crippen LogP contribution in [0, 0.1) is 12.3 Å². The van der Waals surface area contributed by atoms with E-state index in [4.69, 9.17) is 5.73 Å². The highest BCUT2D eigenvalue weighted by Gasteiger charge is 2.37. The third kappa shape index (κ3) is 1.92. The number of carbonyl (C=O) groups excluding carboxylic acids is 1. The number of fused-ring (bicyclic) bond motifs is 1. The highest BCUT2D eigenvalue weighted by molar-refractivity contribution is 6.04. The first-order chi connectivity index (χ1) is 9.38. The van der Waals surface area contributed by atoms with Crippen molar-refractivity contribution >= 4 is 11.5 Å². The Morgan fingerprint density at radius 3 is 2.55 bits per heavy atom. The summed E-state index contributed by atoms with van der Waals surface area (Å²) in [5, 5.41) is 0. The molecule has 0 aromatic heterocycles. The number of rotatable bonds is 1. The molecule has 2 nitrogen and oxygen atoms in total. The number of nitrogen functional groups attached to an aromatic ring is 1. The van der Waals surface area contributed by atoms with Crippen LogP contribution in [0.15, 0.2) is 36.4 Å². The van der Waals surface area contributed by atoms with Crippen molar-refractivity contribution in [2.75, 3.05) is 5.73 Å². The van der Waals surface area contributed by atoms with Crippen LogP contribution < -0.4 is 5.73 Å². The fraction of sp³-hybridized carbons (Fsp3) is 0.278. The summed E-state index contributed by atoms with van der Waals surface area (Å²) < 4.78 is 0. The number of anilines is 1. The zero-order chi connectivity index (χ0) is 14.5. The fourth-order valence-corrected chi connectivity index (χ4v) is 3.00. The van der Waals surface area contributed by atoms with Gasteiger partial charge in [0.15, 0.2) is 5.78 Å². The summed E-state index contributed by atoms with van der Waals surface area (Å²) in [4.78, 5) is 12.3. The molecule has 0 fully saturated rings. The molecule has 1 aliphatic rings. The van der Waals surface area contributed by atoms with Gasteiger partial charge in [-0.25, -0.2) is 0 Å². The molecule has 2 aromatic carbocycles. The molecule has 102 valence electrons. The predicted molar refractivity (Wildman–Crippen MR) is 82.8 cm³/mol. The van der Waals surface area contributed by atoms with E-state index in [0.29, 0.717) is 0 Å². The van der Waals surface area contributed by atoms with Crippen LogP contribution in [0.5, 0.6) is 0 Å². The Kier molecular flexibility index (Phi) is 2.72. The Labute approximate surface area is 119 Å². The summed E-state index contributed by atoms with van der Waals surface area (Å²) >= 11 is 0. The number of aryl methyl sites for hydroxylation is 1. The molecule has 0 bridgehead atoms. The largest absolute Gasteiger partial charge is 0.399 e. The van der Waals surface area contributed by atoms with Gasteiger partial charge in [-0.05, 0) is 47.7 Å². The average molecular weight is 265 g/mol. The smallest absolute Gasteiger partial charge is 0.169 e. The average Bonchev–Trinajstić information content (AvgIpc) is 2.62. The van der Waals surface area contributed by atoms with Gasteiger partial charge in [0.05, 0.1) is 0 Å². The second-order valence-electron chi connectivity index (χ2n) is 6.34. The molecule has 2 aromatic rings. The number of benzene rings is 2. The van der Waals surface area contributed by atoms with Crippen molar-refractivity contribution in [1.82, 2.24) is 0 Å². The second-order valence-corrected chi connectivity index (χ2v) is 6.34. The number of carbonyl (C=O) groups is 1. The van der Waals surface area contributed by atoms with Crippen molar-refractivity contribution in [3.8, 4) is 11.1 Å². The van der Waals surface area contributed by atoms with Crippen molar-refractivity contribution < 1.29 is 4.79 Å². The summed E-state index contributed by atoms with van der Waals surface area (Å²) in [6.07, 6.45) is 0.816. The number of nitrogens with two attached hydrogens (primary N) is 1. The third-order valence-electron chi connectivity index (χ3n) is 4.17. The Hall–Kier alpha value is -2.09. The predicted octanol–water partition coefficient (Wildman–Crippen LogP) is 4.01. The first kappa shape index (κ1) is 12.9. The van der Waals surface area contributed by atoms with Gasteiger partial charge < -0.3 is 5.73 Å². The fourth-order valence-electron chi connectivity index (χ4n) is 3.00. The standard InChI is InChI=1S/C18H19NO/c1-11-4-6-14(19)9-16(11)12-5-7-15-13(8-12)10-18(2,3)17(15)20/h4-9H,10,19H2,1-3H3. The highest BCUT2D eigenvalue weighted by atomic mass is 16.1. The van der Waals surface area contributed by atoms with E-state index in [2.05, 4.69) is 13.0 Å². The van der Waals surface area contributed by atoms with Gasteiger partial charge >= 0.3 is 0 Å². The number of ketones is 1. The van der Waals surface area contributed by atoms with Crippen LogP contribution >= 0.6 is 0 Å². The maximum Gasteiger partial charge on any atom is 0.169 e. The van der Waals surface area contributed by atoms with E-state index >= 15 is 0 Å². The van der Waals surface area contributed by atoms with Gasteiger partial charge in [-0.2, -0.15) is 0 Å². The third-order valence-corrected chi connectivity index (χ3v) is 4.17. The van der Waals surface area contributed by atoms with E-state index in [1.165, 1.54) is 5.56 Å². The number of Topliss-reactive ketones (excluding diaryl/α,β-unsaturated/α-hetero) is 1. The van der Waals surface area contributed by atoms with E-state index in [1.54, 1.807) is 0 Å². The number of hydrogen-bond donors (Lipinski definition) is 1. The Bertz CT molecular complexity index is 713. The molecular weight excluding hydrogens is 246 g/mol. The maximum absolute atomic E-state index is 12.3. The van der Waals surface area contributed by atoms with E-state index in [1.807, 2.05) is 44.2 Å². The summed E-state index contributed by atoms with van der Waals surface area (Å²) in [5.41, 5.74) is 11.9. The van der Waals surface area contributed by atoms with E-state index < -0.39 is 0 Å². The minimum atomic E-state index is -0.272. The lowest BCUT2D eigenvalue weighted by atomic mass is 9.89. The van der Waals surface area contributed by atoms with Crippen LogP contribution in [0.4, 0.5) is 5.69 Å². The van der Waals surface area contributed by atoms with Crippen LogP contribution in [0.25, 0.3) is 11.1 Å². The first-order valence-electron chi connectivity index (χ1n) is 6.93. The lowest BCUT2D eigenvalue weighted by molar-refractivity contribution is 0.0863. The van der Waals surface area contributed by atoms with Crippen molar-refractivity contribution in [2.24, 2.45) is 5.41 Å². The van der Waals surface area contributed by atoms with Crippen LogP contribution in [0.1, 0.15) is 35.3 Å². The molecule has 0 heterocycles. The van der Waals surface area contributed by atoms with Crippen molar-refractivity contribution in [3.63, 3.8) is 0 Å². The molecule has 2 N–H and O–H groups in total. The van der Waals surface area contributed by atoms with Gasteiger partial charge in [-0.3, -0.25) is 4.79 Å². The molecule has 0 radical (unpaired) electrons. The quantitative estimate of drug-likeness (QED) is 0.792. The minimum Gasteiger partial charge on any atom is -0.399 e. The van der Waals surface area contributed by atoms with Crippen molar-refractivity contribution in [3.05, 3.63) is 53.1 Å². The molecule has 0 unspecified atom stereocenters. The normalized spacial score (nSPS) is 16.2. The number of hydrogen-bond acceptors (Lipinski definition) is 2. The van der Waals surface area contributed by atoms with Crippen LogP contribution in [-0.4, -0.2) is 5.78 Å². The van der Waals surface area contributed by atoms with Gasteiger partial charge in [0.2, 0.25) is 0 Å². The maximum atomic E-state index is 12.3. The monoisotopic (exact) mass is 265 g/mol. The molecule has 0 aliphatic heterocycles. The Balaban J connectivity index is 2.12.